The highest BCUT2D eigenvalue weighted by molar-refractivity contribution is 5.61. The van der Waals surface area contributed by atoms with Gasteiger partial charge in [0.15, 0.2) is 0 Å². The van der Waals surface area contributed by atoms with Gasteiger partial charge in [-0.05, 0) is 36.5 Å². The van der Waals surface area contributed by atoms with Gasteiger partial charge in [0.25, 0.3) is 0 Å². The van der Waals surface area contributed by atoms with Crippen LogP contribution in [0, 0.1) is 5.82 Å². The Morgan fingerprint density at radius 2 is 2.15 bits per heavy atom. The fourth-order valence-corrected chi connectivity index (χ4v) is 1.46. The maximum atomic E-state index is 13.3. The van der Waals surface area contributed by atoms with Crippen molar-refractivity contribution in [1.82, 2.24) is 0 Å². The van der Waals surface area contributed by atoms with Gasteiger partial charge in [-0.3, -0.25) is 0 Å². The summed E-state index contributed by atoms with van der Waals surface area (Å²) in [5.41, 5.74) is 7.22. The SMILES string of the molecule is C=C(N)c1ccc(C2CC2)cc1F. The summed E-state index contributed by atoms with van der Waals surface area (Å²) >= 11 is 0. The van der Waals surface area contributed by atoms with E-state index < -0.39 is 0 Å². The number of hydrogen-bond donors (Lipinski definition) is 1. The predicted molar refractivity (Wildman–Crippen MR) is 51.6 cm³/mol. The van der Waals surface area contributed by atoms with E-state index in [1.807, 2.05) is 6.07 Å². The second kappa shape index (κ2) is 2.87. The molecule has 0 atom stereocenters. The van der Waals surface area contributed by atoms with Crippen LogP contribution in [-0.4, -0.2) is 0 Å². The van der Waals surface area contributed by atoms with E-state index in [2.05, 4.69) is 6.58 Å². The second-order valence-electron chi connectivity index (χ2n) is 3.54. The maximum absolute atomic E-state index is 13.3. The lowest BCUT2D eigenvalue weighted by molar-refractivity contribution is 0.621. The van der Waals surface area contributed by atoms with Crippen molar-refractivity contribution in [3.8, 4) is 0 Å². The molecule has 0 aliphatic heterocycles. The van der Waals surface area contributed by atoms with Crippen LogP contribution in [0.3, 0.4) is 0 Å². The zero-order chi connectivity index (χ0) is 9.42. The molecule has 1 nitrogen and oxygen atoms in total. The number of benzene rings is 1. The molecule has 1 aromatic rings. The van der Waals surface area contributed by atoms with Crippen LogP contribution >= 0.6 is 0 Å². The Labute approximate surface area is 77.1 Å². The highest BCUT2D eigenvalue weighted by Gasteiger charge is 2.24. The fraction of sp³-hybridized carbons (Fsp3) is 0.273. The summed E-state index contributed by atoms with van der Waals surface area (Å²) in [6.45, 7) is 3.51. The highest BCUT2D eigenvalue weighted by atomic mass is 19.1. The van der Waals surface area contributed by atoms with Gasteiger partial charge in [0.05, 0.1) is 0 Å². The van der Waals surface area contributed by atoms with Crippen molar-refractivity contribution in [2.75, 3.05) is 0 Å². The highest BCUT2D eigenvalue weighted by Crippen LogP contribution is 2.40. The van der Waals surface area contributed by atoms with Crippen molar-refractivity contribution >= 4 is 5.70 Å². The molecule has 13 heavy (non-hydrogen) atoms. The van der Waals surface area contributed by atoms with Crippen molar-refractivity contribution in [3.05, 3.63) is 41.7 Å². The van der Waals surface area contributed by atoms with Crippen LogP contribution in [0.5, 0.6) is 0 Å². The van der Waals surface area contributed by atoms with Gasteiger partial charge < -0.3 is 5.73 Å². The van der Waals surface area contributed by atoms with Gasteiger partial charge in [0.2, 0.25) is 0 Å². The first-order valence-electron chi connectivity index (χ1n) is 4.42. The lowest BCUT2D eigenvalue weighted by Crippen LogP contribution is -1.98. The molecule has 1 saturated carbocycles. The van der Waals surface area contributed by atoms with Gasteiger partial charge in [0, 0.05) is 11.3 Å². The molecule has 0 aromatic heterocycles. The molecule has 1 aliphatic rings. The minimum Gasteiger partial charge on any atom is -0.399 e. The Kier molecular flexibility index (Phi) is 1.83. The third kappa shape index (κ3) is 1.57. The van der Waals surface area contributed by atoms with Gasteiger partial charge >= 0.3 is 0 Å². The first kappa shape index (κ1) is 8.30. The van der Waals surface area contributed by atoms with E-state index in [4.69, 9.17) is 5.73 Å². The third-order valence-corrected chi connectivity index (χ3v) is 2.39. The summed E-state index contributed by atoms with van der Waals surface area (Å²) in [7, 11) is 0. The maximum Gasteiger partial charge on any atom is 0.132 e. The van der Waals surface area contributed by atoms with Crippen LogP contribution in [0.4, 0.5) is 4.39 Å². The first-order valence-corrected chi connectivity index (χ1v) is 4.42. The second-order valence-corrected chi connectivity index (χ2v) is 3.54. The average molecular weight is 177 g/mol. The van der Waals surface area contributed by atoms with Crippen LogP contribution in [0.15, 0.2) is 24.8 Å². The zero-order valence-electron chi connectivity index (χ0n) is 7.39. The van der Waals surface area contributed by atoms with E-state index in [-0.39, 0.29) is 5.82 Å². The Balaban J connectivity index is 2.36. The molecule has 0 radical (unpaired) electrons. The monoisotopic (exact) mass is 177 g/mol. The minimum atomic E-state index is -0.253. The molecule has 0 spiro atoms. The van der Waals surface area contributed by atoms with E-state index in [0.717, 1.165) is 5.56 Å². The van der Waals surface area contributed by atoms with Crippen molar-refractivity contribution in [3.63, 3.8) is 0 Å². The smallest absolute Gasteiger partial charge is 0.132 e. The minimum absolute atomic E-state index is 0.253. The quantitative estimate of drug-likeness (QED) is 0.738. The fourth-order valence-electron chi connectivity index (χ4n) is 1.46. The van der Waals surface area contributed by atoms with Crippen LogP contribution in [0.1, 0.15) is 29.9 Å². The normalized spacial score (nSPS) is 15.8. The molecule has 2 heteroatoms. The third-order valence-electron chi connectivity index (χ3n) is 2.39. The zero-order valence-corrected chi connectivity index (χ0v) is 7.39. The van der Waals surface area contributed by atoms with E-state index in [0.29, 0.717) is 17.2 Å². The number of rotatable bonds is 2. The molecule has 0 heterocycles. The van der Waals surface area contributed by atoms with Crippen molar-refractivity contribution < 1.29 is 4.39 Å². The number of nitrogens with two attached hydrogens (primary N) is 1. The number of halogens is 1. The van der Waals surface area contributed by atoms with Crippen LogP contribution in [0.25, 0.3) is 5.70 Å². The summed E-state index contributed by atoms with van der Waals surface area (Å²) in [4.78, 5) is 0. The van der Waals surface area contributed by atoms with E-state index in [9.17, 15) is 4.39 Å². The van der Waals surface area contributed by atoms with Crippen molar-refractivity contribution in [2.45, 2.75) is 18.8 Å². The van der Waals surface area contributed by atoms with Gasteiger partial charge in [-0.15, -0.1) is 0 Å². The van der Waals surface area contributed by atoms with Crippen molar-refractivity contribution in [2.24, 2.45) is 5.73 Å². The van der Waals surface area contributed by atoms with Crippen LogP contribution in [-0.2, 0) is 0 Å². The van der Waals surface area contributed by atoms with Gasteiger partial charge in [-0.25, -0.2) is 4.39 Å². The Morgan fingerprint density at radius 1 is 1.46 bits per heavy atom. The molecule has 0 amide bonds. The molecule has 1 aromatic carbocycles. The molecule has 2 N–H and O–H groups in total. The van der Waals surface area contributed by atoms with Gasteiger partial charge in [-0.1, -0.05) is 12.6 Å². The standard InChI is InChI=1S/C11H12FN/c1-7(13)10-5-4-9(6-11(10)12)8-2-3-8/h4-6,8H,1-3,13H2. The van der Waals surface area contributed by atoms with Gasteiger partial charge in [0.1, 0.15) is 5.82 Å². The predicted octanol–water partition coefficient (Wildman–Crippen LogP) is 2.63. The average Bonchev–Trinajstić information content (AvgIpc) is 2.85. The lowest BCUT2D eigenvalue weighted by Gasteiger charge is -2.04. The Morgan fingerprint density at radius 3 is 2.62 bits per heavy atom. The largest absolute Gasteiger partial charge is 0.399 e. The Hall–Kier alpha value is -1.31. The van der Waals surface area contributed by atoms with Gasteiger partial charge in [-0.2, -0.15) is 0 Å². The first-order chi connectivity index (χ1) is 6.18. The van der Waals surface area contributed by atoms with E-state index in [1.54, 1.807) is 12.1 Å². The summed E-state index contributed by atoms with van der Waals surface area (Å²) in [5.74, 6) is 0.325. The van der Waals surface area contributed by atoms with E-state index >= 15 is 0 Å². The molecule has 2 rings (SSSR count). The summed E-state index contributed by atoms with van der Waals surface area (Å²) in [5, 5.41) is 0. The summed E-state index contributed by atoms with van der Waals surface area (Å²) in [6.07, 6.45) is 2.37. The molecule has 0 bridgehead atoms. The van der Waals surface area contributed by atoms with Crippen LogP contribution < -0.4 is 5.73 Å². The number of hydrogen-bond acceptors (Lipinski definition) is 1. The molecule has 1 fully saturated rings. The molecule has 0 unspecified atom stereocenters. The van der Waals surface area contributed by atoms with Crippen LogP contribution in [0.2, 0.25) is 0 Å². The molecular formula is C11H12FN. The van der Waals surface area contributed by atoms with E-state index in [1.165, 1.54) is 12.8 Å². The Bertz CT molecular complexity index is 353. The molecular weight excluding hydrogens is 165 g/mol. The molecule has 1 aliphatic carbocycles. The topological polar surface area (TPSA) is 26.0 Å². The molecule has 0 saturated heterocycles. The summed E-state index contributed by atoms with van der Waals surface area (Å²) in [6, 6.07) is 5.23. The lowest BCUT2D eigenvalue weighted by atomic mass is 10.1. The van der Waals surface area contributed by atoms with Crippen molar-refractivity contribution in [1.29, 1.82) is 0 Å². The molecule has 68 valence electrons. The summed E-state index contributed by atoms with van der Waals surface area (Å²) < 4.78 is 13.3.